The molecule has 1 saturated heterocycles. The molecule has 0 N–H and O–H groups in total. The fourth-order valence-electron chi connectivity index (χ4n) is 16.2. The van der Waals surface area contributed by atoms with Crippen LogP contribution in [0.5, 0.6) is 0 Å². The topological polar surface area (TPSA) is 35.5 Å². The van der Waals surface area contributed by atoms with Gasteiger partial charge in [-0.05, 0) is 141 Å². The van der Waals surface area contributed by atoms with Crippen molar-refractivity contribution in [1.29, 1.82) is 0 Å². The van der Waals surface area contributed by atoms with Gasteiger partial charge in [0.15, 0.2) is 6.54 Å². The quantitative estimate of drug-likeness (QED) is 0.0657. The summed E-state index contributed by atoms with van der Waals surface area (Å²) in [5.41, 5.74) is 1.82. The van der Waals surface area contributed by atoms with Crippen LogP contribution >= 0.6 is 0 Å². The smallest absolute Gasteiger partial charge is 0.362 e. The summed E-state index contributed by atoms with van der Waals surface area (Å²) in [4.78, 5) is 14.2. The molecule has 5 heteroatoms. The summed E-state index contributed by atoms with van der Waals surface area (Å²) < 4.78 is 14.5. The first-order chi connectivity index (χ1) is 27.0. The first-order valence-corrected chi connectivity index (χ1v) is 25.7. The molecule has 0 amide bonds. The fraction of sp³-hybridized carbons (Fsp3) is 0.981. The van der Waals surface area contributed by atoms with Gasteiger partial charge in [0.1, 0.15) is 6.10 Å². The van der Waals surface area contributed by atoms with Gasteiger partial charge in [-0.25, -0.2) is 4.79 Å². The number of hydrogen-bond donors (Lipinski definition) is 0. The molecule has 2 bridgehead atoms. The fourth-order valence-corrected chi connectivity index (χ4v) is 16.2. The molecular weight excluding hydrogens is 734 g/mol. The molecule has 5 aliphatic carbocycles. The summed E-state index contributed by atoms with van der Waals surface area (Å²) in [6.07, 6.45) is 35.1. The number of carbonyl (C=O) groups excluding carboxylic acids is 1. The maximum absolute atomic E-state index is 14.2. The second kappa shape index (κ2) is 19.6. The van der Waals surface area contributed by atoms with E-state index in [9.17, 15) is 4.79 Å². The molecule has 4 nitrogen and oxygen atoms in total. The van der Waals surface area contributed by atoms with Gasteiger partial charge in [0, 0.05) is 5.41 Å². The van der Waals surface area contributed by atoms with Crippen LogP contribution in [0, 0.1) is 56.2 Å². The highest BCUT2D eigenvalue weighted by molar-refractivity contribution is 5.71. The van der Waals surface area contributed by atoms with Crippen LogP contribution in [-0.4, -0.2) is 55.9 Å². The van der Waals surface area contributed by atoms with Crippen LogP contribution in [0.15, 0.2) is 0 Å². The van der Waals surface area contributed by atoms with E-state index in [1.165, 1.54) is 161 Å². The number of nitrogens with zero attached hydrogens (tertiary/aromatic N) is 1. The van der Waals surface area contributed by atoms with Gasteiger partial charge in [0.05, 0.1) is 32.8 Å². The molecule has 3 unspecified atom stereocenters. The Morgan fingerprint density at radius 3 is 1.76 bits per heavy atom. The Balaban J connectivity index is 0.00000641. The number of halogens is 1. The van der Waals surface area contributed by atoms with Crippen molar-refractivity contribution in [3.8, 4) is 0 Å². The Labute approximate surface area is 366 Å². The lowest BCUT2D eigenvalue weighted by molar-refractivity contribution is -0.903. The molecule has 10 atom stereocenters. The second-order valence-electron chi connectivity index (χ2n) is 24.3. The van der Waals surface area contributed by atoms with Crippen molar-refractivity contribution < 1.29 is 31.2 Å². The molecule has 0 spiro atoms. The molecule has 6 aliphatic rings. The number of quaternary nitrogens is 1. The Kier molecular flexibility index (Phi) is 16.5. The number of ether oxygens (including phenoxy) is 2. The number of carbonyl (C=O) groups is 1. The van der Waals surface area contributed by atoms with Crippen molar-refractivity contribution in [3.63, 3.8) is 0 Å². The molecule has 1 aliphatic heterocycles. The first-order valence-electron chi connectivity index (χ1n) is 25.7. The van der Waals surface area contributed by atoms with E-state index in [1.807, 2.05) is 0 Å². The number of rotatable bonds is 21. The highest BCUT2D eigenvalue weighted by Gasteiger charge is 2.73. The van der Waals surface area contributed by atoms with Crippen molar-refractivity contribution in [2.75, 3.05) is 33.3 Å². The van der Waals surface area contributed by atoms with E-state index in [2.05, 4.69) is 69.4 Å². The normalized spacial score (nSPS) is 38.4. The summed E-state index contributed by atoms with van der Waals surface area (Å²) in [5.74, 6) is 2.99. The average molecular weight is 831 g/mol. The molecule has 338 valence electrons. The van der Waals surface area contributed by atoms with Gasteiger partial charge in [-0.2, -0.15) is 0 Å². The molecule has 6 fully saturated rings. The van der Waals surface area contributed by atoms with E-state index in [0.29, 0.717) is 45.6 Å². The Morgan fingerprint density at radius 2 is 1.17 bits per heavy atom. The Hall–Kier alpha value is -0.320. The molecule has 5 saturated carbocycles. The average Bonchev–Trinajstić information content (AvgIpc) is 3.49. The van der Waals surface area contributed by atoms with E-state index in [1.54, 1.807) is 0 Å². The number of likely N-dealkylation sites (N-methyl/N-ethyl adjacent to an activating group) is 1. The third-order valence-electron chi connectivity index (χ3n) is 20.0. The maximum atomic E-state index is 14.2. The zero-order valence-electron chi connectivity index (χ0n) is 40.2. The Morgan fingerprint density at radius 1 is 0.621 bits per heavy atom. The lowest BCUT2D eigenvalue weighted by Crippen LogP contribution is -3.00. The van der Waals surface area contributed by atoms with Crippen LogP contribution < -0.4 is 12.4 Å². The first kappa shape index (κ1) is 48.7. The van der Waals surface area contributed by atoms with Crippen molar-refractivity contribution in [1.82, 2.24) is 0 Å². The van der Waals surface area contributed by atoms with Crippen molar-refractivity contribution in [3.05, 3.63) is 0 Å². The SMILES string of the molecule is CCCCCCCCCC[N+](C)(CCCCCCCCCC)CC(=O)O[C@H]1CC[C@@]2(C)C(CC[C@]3(C)C2CC[C@@H]2C4[C@H]5OC[C@@]4(CCC5(C)C)CC[C@]23C)C1(C)C.[Cl-]. The lowest BCUT2D eigenvalue weighted by Gasteiger charge is -2.73. The zero-order valence-corrected chi connectivity index (χ0v) is 41.0. The predicted molar refractivity (Wildman–Crippen MR) is 240 cm³/mol. The highest BCUT2D eigenvalue weighted by atomic mass is 35.5. The van der Waals surface area contributed by atoms with Gasteiger partial charge in [-0.3, -0.25) is 0 Å². The van der Waals surface area contributed by atoms with Gasteiger partial charge in [0.25, 0.3) is 0 Å². The number of hydrogen-bond acceptors (Lipinski definition) is 3. The van der Waals surface area contributed by atoms with E-state index >= 15 is 0 Å². The second-order valence-corrected chi connectivity index (χ2v) is 24.3. The molecule has 0 aromatic rings. The van der Waals surface area contributed by atoms with Gasteiger partial charge in [0.2, 0.25) is 0 Å². The number of unbranched alkanes of at least 4 members (excludes halogenated alkanes) is 14. The number of fused-ring (bicyclic) bond motifs is 5. The molecule has 0 aromatic heterocycles. The van der Waals surface area contributed by atoms with E-state index in [4.69, 9.17) is 9.47 Å². The largest absolute Gasteiger partial charge is 1.00 e. The van der Waals surface area contributed by atoms with Gasteiger partial charge >= 0.3 is 5.97 Å². The third-order valence-corrected chi connectivity index (χ3v) is 20.0. The minimum Gasteiger partial charge on any atom is -1.00 e. The van der Waals surface area contributed by atoms with Gasteiger partial charge in [-0.1, -0.05) is 139 Å². The minimum atomic E-state index is -0.00232. The van der Waals surface area contributed by atoms with Crippen molar-refractivity contribution in [2.24, 2.45) is 56.2 Å². The predicted octanol–water partition coefficient (Wildman–Crippen LogP) is 11.5. The third kappa shape index (κ3) is 9.46. The highest BCUT2D eigenvalue weighted by Crippen LogP contribution is 2.78. The molecular formula is C53H96ClNO3. The summed E-state index contributed by atoms with van der Waals surface area (Å²) in [5, 5.41) is 0. The van der Waals surface area contributed by atoms with Crippen LogP contribution in [0.25, 0.3) is 0 Å². The standard InChI is InChI=1S/C53H96NO3.ClH/c1-11-13-15-17-19-21-23-25-37-54(10,38-26-24-22-20-18-16-14-12-2)39-45(55)57-44-30-31-50(7)42(49(44,5)6)29-32-52(9)43(50)28-27-41-46-47-48(3,4)33-35-53(46,40-56-47)36-34-51(41,52)8;/h41-44,46-47H,11-40H2,1-10H3;1H/q+1;/p-1/t41-,42?,43?,44+,46?,47-,50+,51-,52-,53-;/m1./s1. The lowest BCUT2D eigenvalue weighted by atomic mass is 9.31. The molecule has 58 heavy (non-hydrogen) atoms. The maximum Gasteiger partial charge on any atom is 0.362 e. The van der Waals surface area contributed by atoms with E-state index in [0.717, 1.165) is 48.4 Å². The molecule has 0 aromatic carbocycles. The summed E-state index contributed by atoms with van der Waals surface area (Å²) in [6, 6.07) is 0. The summed E-state index contributed by atoms with van der Waals surface area (Å²) >= 11 is 0. The number of esters is 1. The van der Waals surface area contributed by atoms with Crippen LogP contribution in [0.3, 0.4) is 0 Å². The van der Waals surface area contributed by atoms with E-state index in [-0.39, 0.29) is 29.9 Å². The molecule has 1 heterocycles. The van der Waals surface area contributed by atoms with Crippen LogP contribution in [0.4, 0.5) is 0 Å². The van der Waals surface area contributed by atoms with Crippen LogP contribution in [0.1, 0.15) is 229 Å². The minimum absolute atomic E-state index is 0. The molecule has 0 radical (unpaired) electrons. The molecule has 6 rings (SSSR count). The van der Waals surface area contributed by atoms with Crippen LogP contribution in [0.2, 0.25) is 0 Å². The zero-order chi connectivity index (χ0) is 41.2. The van der Waals surface area contributed by atoms with Crippen molar-refractivity contribution in [2.45, 2.75) is 241 Å². The van der Waals surface area contributed by atoms with Crippen molar-refractivity contribution >= 4 is 5.97 Å². The van der Waals surface area contributed by atoms with E-state index < -0.39 is 0 Å². The Bertz CT molecular complexity index is 1290. The summed E-state index contributed by atoms with van der Waals surface area (Å²) in [6.45, 7) is 26.7. The monoisotopic (exact) mass is 830 g/mol. The van der Waals surface area contributed by atoms with Gasteiger partial charge in [-0.15, -0.1) is 0 Å². The van der Waals surface area contributed by atoms with Gasteiger partial charge < -0.3 is 26.4 Å². The summed E-state index contributed by atoms with van der Waals surface area (Å²) in [7, 11) is 2.38. The van der Waals surface area contributed by atoms with Crippen LogP contribution in [-0.2, 0) is 14.3 Å².